The summed E-state index contributed by atoms with van der Waals surface area (Å²) in [5.41, 5.74) is 0.663. The fraction of sp³-hybridized carbons (Fsp3) is 0.125. The molecule has 8 heteroatoms. The number of anilines is 1. The van der Waals surface area contributed by atoms with Crippen LogP contribution in [0.25, 0.3) is 11.5 Å². The molecule has 4 nitrogen and oxygen atoms in total. The molecule has 0 bridgehead atoms. The number of rotatable bonds is 4. The summed E-state index contributed by atoms with van der Waals surface area (Å²) in [6.45, 7) is 1.71. The van der Waals surface area contributed by atoms with Crippen LogP contribution >= 0.6 is 11.9 Å². The zero-order chi connectivity index (χ0) is 17.2. The molecule has 0 fully saturated rings. The van der Waals surface area contributed by atoms with E-state index in [0.29, 0.717) is 27.9 Å². The number of nitrogens with zero attached hydrogens (tertiary/aromatic N) is 2. The molecule has 24 heavy (non-hydrogen) atoms. The topological polar surface area (TPSA) is 51.0 Å². The molecular weight excluding hydrogens is 339 g/mol. The van der Waals surface area contributed by atoms with Crippen molar-refractivity contribution in [1.82, 2.24) is 10.1 Å². The van der Waals surface area contributed by atoms with Gasteiger partial charge in [0.15, 0.2) is 5.82 Å². The first-order valence-electron chi connectivity index (χ1n) is 6.93. The Morgan fingerprint density at radius 3 is 2.58 bits per heavy atom. The summed E-state index contributed by atoms with van der Waals surface area (Å²) >= 11 is 1.08. The molecule has 0 saturated heterocycles. The molecule has 0 spiro atoms. The van der Waals surface area contributed by atoms with Crippen molar-refractivity contribution in [3.8, 4) is 11.5 Å². The Morgan fingerprint density at radius 2 is 1.88 bits per heavy atom. The minimum atomic E-state index is -4.37. The van der Waals surface area contributed by atoms with Crippen LogP contribution in [0.4, 0.5) is 18.9 Å². The summed E-state index contributed by atoms with van der Waals surface area (Å²) in [6.07, 6.45) is -4.37. The molecule has 3 rings (SSSR count). The van der Waals surface area contributed by atoms with Crippen LogP contribution in [0.2, 0.25) is 0 Å². The van der Waals surface area contributed by atoms with E-state index in [1.807, 2.05) is 12.1 Å². The van der Waals surface area contributed by atoms with Crippen LogP contribution in [0, 0.1) is 6.92 Å². The second-order valence-corrected chi connectivity index (χ2v) is 5.80. The van der Waals surface area contributed by atoms with Crippen molar-refractivity contribution >= 4 is 17.6 Å². The van der Waals surface area contributed by atoms with E-state index in [1.165, 1.54) is 6.07 Å². The Balaban J connectivity index is 1.81. The standard InChI is InChI=1S/C16H12F3N3OS/c1-10-20-15(23-21-10)13-7-2-3-8-14(13)22-24-12-6-4-5-11(9-12)16(17,18)19/h2-9,22H,1H3. The minimum Gasteiger partial charge on any atom is -0.334 e. The molecule has 0 amide bonds. The lowest BCUT2D eigenvalue weighted by Gasteiger charge is -2.11. The molecule has 3 aromatic rings. The Bertz CT molecular complexity index is 848. The van der Waals surface area contributed by atoms with Gasteiger partial charge in [0.25, 0.3) is 5.89 Å². The highest BCUT2D eigenvalue weighted by Crippen LogP contribution is 2.34. The number of halogens is 3. The largest absolute Gasteiger partial charge is 0.416 e. The van der Waals surface area contributed by atoms with Gasteiger partial charge in [-0.2, -0.15) is 18.2 Å². The summed E-state index contributed by atoms with van der Waals surface area (Å²) in [6, 6.07) is 12.3. The van der Waals surface area contributed by atoms with Gasteiger partial charge in [0.2, 0.25) is 0 Å². The van der Waals surface area contributed by atoms with E-state index < -0.39 is 11.7 Å². The molecule has 0 aliphatic rings. The molecule has 0 aliphatic heterocycles. The first-order chi connectivity index (χ1) is 11.4. The minimum absolute atomic E-state index is 0.347. The van der Waals surface area contributed by atoms with Gasteiger partial charge in [-0.1, -0.05) is 23.4 Å². The van der Waals surface area contributed by atoms with Gasteiger partial charge >= 0.3 is 6.18 Å². The zero-order valence-electron chi connectivity index (χ0n) is 12.5. The summed E-state index contributed by atoms with van der Waals surface area (Å²) < 4.78 is 46.5. The lowest BCUT2D eigenvalue weighted by atomic mass is 10.2. The predicted octanol–water partition coefficient (Wildman–Crippen LogP) is 5.18. The average molecular weight is 351 g/mol. The van der Waals surface area contributed by atoms with Gasteiger partial charge in [0, 0.05) is 4.90 Å². The summed E-state index contributed by atoms with van der Waals surface area (Å²) in [5.74, 6) is 0.852. The van der Waals surface area contributed by atoms with Crippen LogP contribution in [0.1, 0.15) is 11.4 Å². The third-order valence-electron chi connectivity index (χ3n) is 3.13. The molecular formula is C16H12F3N3OS. The van der Waals surface area contributed by atoms with Crippen molar-refractivity contribution in [3.05, 3.63) is 59.9 Å². The van der Waals surface area contributed by atoms with E-state index >= 15 is 0 Å². The van der Waals surface area contributed by atoms with Gasteiger partial charge < -0.3 is 9.25 Å². The van der Waals surface area contributed by atoms with Crippen LogP contribution in [0.3, 0.4) is 0 Å². The first-order valence-corrected chi connectivity index (χ1v) is 7.75. The second kappa shape index (κ2) is 6.56. The van der Waals surface area contributed by atoms with Gasteiger partial charge in [0.1, 0.15) is 0 Å². The molecule has 0 aliphatic carbocycles. The SMILES string of the molecule is Cc1noc(-c2ccccc2NSc2cccc(C(F)(F)F)c2)n1. The van der Waals surface area contributed by atoms with Crippen molar-refractivity contribution in [2.24, 2.45) is 0 Å². The molecule has 1 aromatic heterocycles. The van der Waals surface area contributed by atoms with Crippen molar-refractivity contribution in [3.63, 3.8) is 0 Å². The van der Waals surface area contributed by atoms with E-state index in [1.54, 1.807) is 25.1 Å². The number of aromatic nitrogens is 2. The highest BCUT2D eigenvalue weighted by molar-refractivity contribution is 8.00. The van der Waals surface area contributed by atoms with E-state index in [-0.39, 0.29) is 0 Å². The van der Waals surface area contributed by atoms with Crippen LogP contribution in [0.5, 0.6) is 0 Å². The highest BCUT2D eigenvalue weighted by Gasteiger charge is 2.30. The monoisotopic (exact) mass is 351 g/mol. The van der Waals surface area contributed by atoms with Crippen LogP contribution in [-0.4, -0.2) is 10.1 Å². The number of para-hydroxylation sites is 1. The fourth-order valence-corrected chi connectivity index (χ4v) is 2.75. The van der Waals surface area contributed by atoms with Gasteiger partial charge in [-0.25, -0.2) is 0 Å². The lowest BCUT2D eigenvalue weighted by molar-refractivity contribution is -0.137. The van der Waals surface area contributed by atoms with E-state index in [4.69, 9.17) is 4.52 Å². The average Bonchev–Trinajstić information content (AvgIpc) is 2.99. The number of benzene rings is 2. The second-order valence-electron chi connectivity index (χ2n) is 4.92. The molecule has 1 heterocycles. The highest BCUT2D eigenvalue weighted by atomic mass is 32.2. The fourth-order valence-electron chi connectivity index (χ4n) is 2.01. The Hall–Kier alpha value is -2.48. The number of nitrogens with one attached hydrogen (secondary N) is 1. The summed E-state index contributed by atoms with van der Waals surface area (Å²) in [5, 5.41) is 3.75. The molecule has 0 saturated carbocycles. The lowest BCUT2D eigenvalue weighted by Crippen LogP contribution is -2.04. The Kier molecular flexibility index (Phi) is 4.48. The molecule has 1 N–H and O–H groups in total. The summed E-state index contributed by atoms with van der Waals surface area (Å²) in [7, 11) is 0. The maximum atomic E-state index is 12.8. The Labute approximate surface area is 140 Å². The molecule has 0 radical (unpaired) electrons. The number of hydrogen-bond donors (Lipinski definition) is 1. The van der Waals surface area contributed by atoms with Crippen LogP contribution in [-0.2, 0) is 6.18 Å². The first kappa shape index (κ1) is 16.4. The molecule has 0 unspecified atom stereocenters. The van der Waals surface area contributed by atoms with E-state index in [2.05, 4.69) is 14.9 Å². The van der Waals surface area contributed by atoms with Gasteiger partial charge in [-0.3, -0.25) is 0 Å². The smallest absolute Gasteiger partial charge is 0.334 e. The maximum Gasteiger partial charge on any atom is 0.416 e. The number of alkyl halides is 3. The molecule has 0 atom stereocenters. The van der Waals surface area contributed by atoms with Crippen molar-refractivity contribution in [2.45, 2.75) is 18.0 Å². The van der Waals surface area contributed by atoms with Crippen LogP contribution in [0.15, 0.2) is 57.9 Å². The predicted molar refractivity (Wildman–Crippen MR) is 85.4 cm³/mol. The van der Waals surface area contributed by atoms with Crippen molar-refractivity contribution in [2.75, 3.05) is 4.72 Å². The number of aryl methyl sites for hydroxylation is 1. The third kappa shape index (κ3) is 3.70. The summed E-state index contributed by atoms with van der Waals surface area (Å²) in [4.78, 5) is 4.61. The molecule has 124 valence electrons. The van der Waals surface area contributed by atoms with Crippen molar-refractivity contribution < 1.29 is 17.7 Å². The van der Waals surface area contributed by atoms with Gasteiger partial charge in [-0.05, 0) is 49.2 Å². The normalized spacial score (nSPS) is 11.5. The molecule has 2 aromatic carbocycles. The van der Waals surface area contributed by atoms with Gasteiger partial charge in [0.05, 0.1) is 16.8 Å². The number of hydrogen-bond acceptors (Lipinski definition) is 5. The van der Waals surface area contributed by atoms with Gasteiger partial charge in [-0.15, -0.1) is 0 Å². The van der Waals surface area contributed by atoms with Crippen molar-refractivity contribution in [1.29, 1.82) is 0 Å². The quantitative estimate of drug-likeness (QED) is 0.656. The van der Waals surface area contributed by atoms with E-state index in [9.17, 15) is 13.2 Å². The van der Waals surface area contributed by atoms with E-state index in [0.717, 1.165) is 24.1 Å². The Morgan fingerprint density at radius 1 is 1.08 bits per heavy atom. The zero-order valence-corrected chi connectivity index (χ0v) is 13.3. The third-order valence-corrected chi connectivity index (χ3v) is 3.94. The maximum absolute atomic E-state index is 12.8. The van der Waals surface area contributed by atoms with Crippen LogP contribution < -0.4 is 4.72 Å².